The summed E-state index contributed by atoms with van der Waals surface area (Å²) in [5.74, 6) is -1.21. The van der Waals surface area contributed by atoms with Gasteiger partial charge in [0.1, 0.15) is 13.2 Å². The third kappa shape index (κ3) is 4.15. The molecule has 0 bridgehead atoms. The van der Waals surface area contributed by atoms with E-state index in [1.54, 1.807) is 31.2 Å². The molecule has 0 atom stereocenters. The van der Waals surface area contributed by atoms with Crippen LogP contribution in [0.1, 0.15) is 36.8 Å². The summed E-state index contributed by atoms with van der Waals surface area (Å²) in [4.78, 5) is 13.1. The number of aryl methyl sites for hydroxylation is 2. The number of rotatable bonds is 7. The molecule has 1 aliphatic rings. The molecule has 3 rings (SSSR count). The molecule has 1 aliphatic carbocycles. The highest BCUT2D eigenvalue weighted by molar-refractivity contribution is 7.93. The average Bonchev–Trinajstić information content (AvgIpc) is 3.20. The second kappa shape index (κ2) is 8.53. The molecule has 2 aromatic carbocycles. The van der Waals surface area contributed by atoms with Crippen molar-refractivity contribution in [3.8, 4) is 5.75 Å². The number of sulfone groups is 1. The van der Waals surface area contributed by atoms with Gasteiger partial charge < -0.3 is 9.47 Å². The van der Waals surface area contributed by atoms with E-state index in [1.165, 1.54) is 12.1 Å². The summed E-state index contributed by atoms with van der Waals surface area (Å²) in [6, 6.07) is 11.1. The van der Waals surface area contributed by atoms with E-state index in [-0.39, 0.29) is 36.7 Å². The monoisotopic (exact) mass is 420 g/mol. The van der Waals surface area contributed by atoms with Crippen LogP contribution in [0.3, 0.4) is 0 Å². The van der Waals surface area contributed by atoms with Gasteiger partial charge in [-0.25, -0.2) is 12.8 Å². The van der Waals surface area contributed by atoms with Crippen molar-refractivity contribution in [2.24, 2.45) is 0 Å². The number of ether oxygens (including phenoxy) is 2. The molecule has 1 saturated carbocycles. The predicted octanol–water partition coefficient (Wildman–Crippen LogP) is 4.15. The Morgan fingerprint density at radius 1 is 1.07 bits per heavy atom. The first-order chi connectivity index (χ1) is 13.8. The molecule has 7 heteroatoms. The van der Waals surface area contributed by atoms with Gasteiger partial charge in [-0.15, -0.1) is 0 Å². The predicted molar refractivity (Wildman–Crippen MR) is 107 cm³/mol. The molecule has 0 heterocycles. The summed E-state index contributed by atoms with van der Waals surface area (Å²) >= 11 is 0. The minimum absolute atomic E-state index is 0.0575. The van der Waals surface area contributed by atoms with Gasteiger partial charge in [-0.2, -0.15) is 0 Å². The number of para-hydroxylation sites is 1. The highest BCUT2D eigenvalue weighted by Gasteiger charge is 2.54. The zero-order valence-corrected chi connectivity index (χ0v) is 17.4. The van der Waals surface area contributed by atoms with Crippen molar-refractivity contribution < 1.29 is 27.1 Å². The Kier molecular flexibility index (Phi) is 6.27. The summed E-state index contributed by atoms with van der Waals surface area (Å²) in [7, 11) is -3.92. The van der Waals surface area contributed by atoms with Crippen LogP contribution in [0.15, 0.2) is 47.4 Å². The Morgan fingerprint density at radius 2 is 1.76 bits per heavy atom. The maximum atomic E-state index is 13.6. The van der Waals surface area contributed by atoms with Crippen molar-refractivity contribution in [3.05, 3.63) is 59.4 Å². The van der Waals surface area contributed by atoms with Crippen LogP contribution in [0.25, 0.3) is 0 Å². The van der Waals surface area contributed by atoms with Crippen LogP contribution in [0.5, 0.6) is 5.75 Å². The van der Waals surface area contributed by atoms with Crippen LogP contribution in [0.2, 0.25) is 0 Å². The molecule has 156 valence electrons. The van der Waals surface area contributed by atoms with Gasteiger partial charge in [-0.1, -0.05) is 37.1 Å². The molecule has 1 fully saturated rings. The largest absolute Gasteiger partial charge is 0.487 e. The van der Waals surface area contributed by atoms with Gasteiger partial charge in [0.15, 0.2) is 26.2 Å². The molecule has 0 unspecified atom stereocenters. The molecule has 5 nitrogen and oxygen atoms in total. The fourth-order valence-electron chi connectivity index (χ4n) is 3.72. The highest BCUT2D eigenvalue weighted by atomic mass is 32.2. The van der Waals surface area contributed by atoms with Crippen LogP contribution in [-0.4, -0.2) is 32.3 Å². The van der Waals surface area contributed by atoms with E-state index >= 15 is 0 Å². The summed E-state index contributed by atoms with van der Waals surface area (Å²) in [6.07, 6.45) is 1.75. The number of esters is 1. The molecule has 0 N–H and O–H groups in total. The second-order valence-corrected chi connectivity index (χ2v) is 9.62. The Morgan fingerprint density at radius 3 is 2.45 bits per heavy atom. The second-order valence-electron chi connectivity index (χ2n) is 7.39. The minimum Gasteiger partial charge on any atom is -0.487 e. The van der Waals surface area contributed by atoms with Gasteiger partial charge in [0.25, 0.3) is 0 Å². The smallest absolute Gasteiger partial charge is 0.327 e. The Bertz CT molecular complexity index is 994. The highest BCUT2D eigenvalue weighted by Crippen LogP contribution is 2.42. The fraction of sp³-hybridized carbons (Fsp3) is 0.409. The SMILES string of the molecule is Cc1ccc(C)c(S(=O)(=O)C2(C(=O)OCCOc3ccccc3F)CCCC2)c1. The van der Waals surface area contributed by atoms with Crippen LogP contribution >= 0.6 is 0 Å². The molecule has 0 spiro atoms. The lowest BCUT2D eigenvalue weighted by atomic mass is 10.1. The van der Waals surface area contributed by atoms with Crippen molar-refractivity contribution in [1.29, 1.82) is 0 Å². The van der Waals surface area contributed by atoms with Crippen LogP contribution < -0.4 is 4.74 Å². The van der Waals surface area contributed by atoms with Gasteiger partial charge in [0, 0.05) is 0 Å². The number of carbonyl (C=O) groups is 1. The van der Waals surface area contributed by atoms with E-state index in [9.17, 15) is 17.6 Å². The van der Waals surface area contributed by atoms with Gasteiger partial charge >= 0.3 is 5.97 Å². The van der Waals surface area contributed by atoms with E-state index < -0.39 is 26.4 Å². The molecule has 0 aromatic heterocycles. The molecular weight excluding hydrogens is 395 g/mol. The number of halogens is 1. The normalized spacial score (nSPS) is 15.8. The maximum absolute atomic E-state index is 13.6. The molecular formula is C22H25FO5S. The summed E-state index contributed by atoms with van der Waals surface area (Å²) in [5.41, 5.74) is 1.42. The fourth-order valence-corrected chi connectivity index (χ4v) is 6.07. The lowest BCUT2D eigenvalue weighted by molar-refractivity contribution is -0.147. The first-order valence-corrected chi connectivity index (χ1v) is 11.1. The van der Waals surface area contributed by atoms with Gasteiger partial charge in [0.2, 0.25) is 0 Å². The van der Waals surface area contributed by atoms with Crippen LogP contribution in [0.4, 0.5) is 4.39 Å². The Balaban J connectivity index is 1.75. The third-order valence-corrected chi connectivity index (χ3v) is 7.96. The van der Waals surface area contributed by atoms with Gasteiger partial charge in [-0.05, 0) is 56.0 Å². The van der Waals surface area contributed by atoms with Crippen molar-refractivity contribution >= 4 is 15.8 Å². The number of carbonyl (C=O) groups excluding carboxylic acids is 1. The van der Waals surface area contributed by atoms with Gasteiger partial charge in [-0.3, -0.25) is 4.79 Å². The molecule has 29 heavy (non-hydrogen) atoms. The topological polar surface area (TPSA) is 69.7 Å². The van der Waals surface area contributed by atoms with Crippen LogP contribution in [0, 0.1) is 19.7 Å². The first-order valence-electron chi connectivity index (χ1n) is 9.64. The molecule has 0 aliphatic heterocycles. The number of hydrogen-bond acceptors (Lipinski definition) is 5. The minimum atomic E-state index is -3.92. The quantitative estimate of drug-likeness (QED) is 0.497. The van der Waals surface area contributed by atoms with Crippen molar-refractivity contribution in [2.45, 2.75) is 49.2 Å². The standard InChI is InChI=1S/C22H25FO5S/c1-16-9-10-17(2)20(15-16)29(25,26)22(11-5-6-12-22)21(24)28-14-13-27-19-8-4-3-7-18(19)23/h3-4,7-10,15H,5-6,11-14H2,1-2H3. The van der Waals surface area contributed by atoms with Crippen molar-refractivity contribution in [3.63, 3.8) is 0 Å². The molecule has 0 radical (unpaired) electrons. The Labute approximate surface area is 170 Å². The average molecular weight is 421 g/mol. The summed E-state index contributed by atoms with van der Waals surface area (Å²) in [5, 5.41) is 0. The summed E-state index contributed by atoms with van der Waals surface area (Å²) < 4.78 is 49.6. The summed E-state index contributed by atoms with van der Waals surface area (Å²) in [6.45, 7) is 3.32. The number of benzene rings is 2. The van der Waals surface area contributed by atoms with E-state index in [1.807, 2.05) is 13.0 Å². The molecule has 0 saturated heterocycles. The lowest BCUT2D eigenvalue weighted by Gasteiger charge is -2.27. The van der Waals surface area contributed by atoms with Crippen molar-refractivity contribution in [2.75, 3.05) is 13.2 Å². The zero-order valence-electron chi connectivity index (χ0n) is 16.6. The van der Waals surface area contributed by atoms with E-state index in [0.717, 1.165) is 5.56 Å². The number of hydrogen-bond donors (Lipinski definition) is 0. The third-order valence-electron chi connectivity index (χ3n) is 5.34. The Hall–Kier alpha value is -2.41. The molecule has 0 amide bonds. The van der Waals surface area contributed by atoms with Gasteiger partial charge in [0.05, 0.1) is 4.90 Å². The zero-order chi connectivity index (χ0) is 21.1. The van der Waals surface area contributed by atoms with E-state index in [0.29, 0.717) is 18.4 Å². The first kappa shape index (κ1) is 21.3. The lowest BCUT2D eigenvalue weighted by Crippen LogP contribution is -2.45. The van der Waals surface area contributed by atoms with E-state index in [4.69, 9.17) is 9.47 Å². The maximum Gasteiger partial charge on any atom is 0.327 e. The van der Waals surface area contributed by atoms with Crippen LogP contribution in [-0.2, 0) is 19.4 Å². The van der Waals surface area contributed by atoms with Crippen molar-refractivity contribution in [1.82, 2.24) is 0 Å². The molecule has 2 aromatic rings. The van der Waals surface area contributed by atoms with E-state index in [2.05, 4.69) is 0 Å².